The van der Waals surface area contributed by atoms with Gasteiger partial charge in [-0.3, -0.25) is 0 Å². The largest absolute Gasteiger partial charge is 0.464 e. The molecule has 36 heavy (non-hydrogen) atoms. The highest BCUT2D eigenvalue weighted by Crippen LogP contribution is 2.37. The van der Waals surface area contributed by atoms with E-state index in [9.17, 15) is 35.2 Å². The average molecular weight is 529 g/mol. The molecule has 0 atom stereocenters. The second-order valence-electron chi connectivity index (χ2n) is 7.62. The normalized spacial score (nSPS) is 12.0. The molecule has 0 fully saturated rings. The van der Waals surface area contributed by atoms with Gasteiger partial charge in [-0.05, 0) is 30.2 Å². The van der Waals surface area contributed by atoms with E-state index < -0.39 is 63.4 Å². The quantitative estimate of drug-likeness (QED) is 0.299. The van der Waals surface area contributed by atoms with Gasteiger partial charge in [0.25, 0.3) is 0 Å². The van der Waals surface area contributed by atoms with E-state index in [0.29, 0.717) is 9.87 Å². The molecule has 192 valence electrons. The van der Waals surface area contributed by atoms with Crippen LogP contribution in [-0.4, -0.2) is 37.9 Å². The SMILES string of the molecule is COC(=O)c1nccnc1N(c1ccccc1CC(F)F)S(=O)(=O)Cc1cc(C)ccc1C(F)(F)F. The van der Waals surface area contributed by atoms with Gasteiger partial charge in [0.2, 0.25) is 16.4 Å². The fraction of sp³-hybridized carbons (Fsp3) is 0.261. The first-order chi connectivity index (χ1) is 16.8. The van der Waals surface area contributed by atoms with Crippen LogP contribution in [0.4, 0.5) is 33.5 Å². The van der Waals surface area contributed by atoms with Gasteiger partial charge in [0.1, 0.15) is 0 Å². The second kappa shape index (κ2) is 10.6. The summed E-state index contributed by atoms with van der Waals surface area (Å²) in [6, 6.07) is 8.20. The number of rotatable bonds is 8. The molecule has 0 saturated carbocycles. The minimum absolute atomic E-state index is 0.141. The zero-order valence-electron chi connectivity index (χ0n) is 19.0. The molecule has 7 nitrogen and oxygen atoms in total. The van der Waals surface area contributed by atoms with Gasteiger partial charge < -0.3 is 4.74 Å². The molecule has 3 rings (SSSR count). The summed E-state index contributed by atoms with van der Waals surface area (Å²) >= 11 is 0. The Morgan fingerprint density at radius 1 is 1.06 bits per heavy atom. The number of benzene rings is 2. The number of carbonyl (C=O) groups excluding carboxylic acids is 1. The van der Waals surface area contributed by atoms with Crippen molar-refractivity contribution in [2.75, 3.05) is 11.4 Å². The number of alkyl halides is 5. The number of nitrogens with zero attached hydrogens (tertiary/aromatic N) is 3. The molecule has 0 aliphatic heterocycles. The highest BCUT2D eigenvalue weighted by molar-refractivity contribution is 7.92. The van der Waals surface area contributed by atoms with Crippen LogP contribution in [0.3, 0.4) is 0 Å². The smallest absolute Gasteiger partial charge is 0.416 e. The van der Waals surface area contributed by atoms with E-state index in [2.05, 4.69) is 14.7 Å². The van der Waals surface area contributed by atoms with Crippen LogP contribution in [0.25, 0.3) is 0 Å². The predicted molar refractivity (Wildman–Crippen MR) is 120 cm³/mol. The monoisotopic (exact) mass is 529 g/mol. The minimum Gasteiger partial charge on any atom is -0.464 e. The zero-order chi connectivity index (χ0) is 26.7. The maximum Gasteiger partial charge on any atom is 0.416 e. The molecule has 0 radical (unpaired) electrons. The molecule has 0 bridgehead atoms. The Bertz CT molecular complexity index is 1360. The van der Waals surface area contributed by atoms with Crippen molar-refractivity contribution in [3.8, 4) is 0 Å². The van der Waals surface area contributed by atoms with Gasteiger partial charge in [-0.1, -0.05) is 35.9 Å². The van der Waals surface area contributed by atoms with Crippen molar-refractivity contribution in [2.45, 2.75) is 31.7 Å². The van der Waals surface area contributed by atoms with Crippen LogP contribution in [0.5, 0.6) is 0 Å². The average Bonchev–Trinajstić information content (AvgIpc) is 2.78. The van der Waals surface area contributed by atoms with Crippen molar-refractivity contribution >= 4 is 27.5 Å². The van der Waals surface area contributed by atoms with Gasteiger partial charge in [0.05, 0.1) is 24.1 Å². The summed E-state index contributed by atoms with van der Waals surface area (Å²) in [7, 11) is -3.82. The number of anilines is 2. The third-order valence-electron chi connectivity index (χ3n) is 5.02. The number of aryl methyl sites for hydroxylation is 1. The van der Waals surface area contributed by atoms with Crippen molar-refractivity contribution in [1.82, 2.24) is 9.97 Å². The number of hydrogen-bond acceptors (Lipinski definition) is 6. The minimum atomic E-state index is -4.86. The molecule has 1 heterocycles. The maximum absolute atomic E-state index is 13.7. The number of hydrogen-bond donors (Lipinski definition) is 0. The Kier molecular flexibility index (Phi) is 7.92. The lowest BCUT2D eigenvalue weighted by Gasteiger charge is -2.27. The Morgan fingerprint density at radius 3 is 2.36 bits per heavy atom. The van der Waals surface area contributed by atoms with Crippen LogP contribution in [0.1, 0.15) is 32.7 Å². The summed E-state index contributed by atoms with van der Waals surface area (Å²) in [5.41, 5.74) is -2.40. The summed E-state index contributed by atoms with van der Waals surface area (Å²) in [6.07, 6.45) is -6.47. The molecule has 0 N–H and O–H groups in total. The molecule has 0 aliphatic carbocycles. The fourth-order valence-electron chi connectivity index (χ4n) is 3.54. The van der Waals surface area contributed by atoms with Crippen LogP contribution in [0, 0.1) is 6.92 Å². The number of esters is 1. The fourth-order valence-corrected chi connectivity index (χ4v) is 5.18. The standard InChI is InChI=1S/C23H20F5N3O4S/c1-14-7-8-17(23(26,27)28)16(11-14)13-36(33,34)31(18-6-4-3-5-15(18)12-19(24)25)21-20(22(32)35-2)29-9-10-30-21/h3-11,19H,12-13H2,1-2H3. The van der Waals surface area contributed by atoms with Crippen LogP contribution in [0.2, 0.25) is 0 Å². The summed E-state index contributed by atoms with van der Waals surface area (Å²) < 4.78 is 100. The Morgan fingerprint density at radius 2 is 1.72 bits per heavy atom. The molecule has 0 aliphatic rings. The lowest BCUT2D eigenvalue weighted by molar-refractivity contribution is -0.138. The molecule has 3 aromatic rings. The van der Waals surface area contributed by atoms with E-state index in [0.717, 1.165) is 31.6 Å². The maximum atomic E-state index is 13.7. The van der Waals surface area contributed by atoms with Crippen molar-refractivity contribution in [2.24, 2.45) is 0 Å². The van der Waals surface area contributed by atoms with Gasteiger partial charge in [0, 0.05) is 18.8 Å². The molecular formula is C23H20F5N3O4S. The van der Waals surface area contributed by atoms with Gasteiger partial charge in [-0.15, -0.1) is 0 Å². The van der Waals surface area contributed by atoms with Crippen molar-refractivity contribution < 1.29 is 39.9 Å². The number of aromatic nitrogens is 2. The lowest BCUT2D eigenvalue weighted by Crippen LogP contribution is -2.32. The first-order valence-corrected chi connectivity index (χ1v) is 11.9. The highest BCUT2D eigenvalue weighted by atomic mass is 32.2. The zero-order valence-corrected chi connectivity index (χ0v) is 19.8. The van der Waals surface area contributed by atoms with E-state index in [1.165, 1.54) is 37.3 Å². The molecule has 1 aromatic heterocycles. The van der Waals surface area contributed by atoms with Crippen LogP contribution in [0.15, 0.2) is 54.9 Å². The van der Waals surface area contributed by atoms with Crippen molar-refractivity contribution in [1.29, 1.82) is 0 Å². The summed E-state index contributed by atoms with van der Waals surface area (Å²) in [6.45, 7) is 1.49. The third-order valence-corrected chi connectivity index (χ3v) is 6.62. The van der Waals surface area contributed by atoms with E-state index >= 15 is 0 Å². The molecule has 0 unspecified atom stereocenters. The second-order valence-corrected chi connectivity index (χ2v) is 9.44. The summed E-state index contributed by atoms with van der Waals surface area (Å²) in [4.78, 5) is 20.1. The Labute approximate surface area is 203 Å². The number of ether oxygens (including phenoxy) is 1. The molecular weight excluding hydrogens is 509 g/mol. The van der Waals surface area contributed by atoms with Crippen LogP contribution in [-0.2, 0) is 33.1 Å². The molecule has 0 saturated heterocycles. The van der Waals surface area contributed by atoms with Gasteiger partial charge in [0.15, 0.2) is 11.5 Å². The van der Waals surface area contributed by atoms with Crippen molar-refractivity contribution in [3.63, 3.8) is 0 Å². The summed E-state index contributed by atoms with van der Waals surface area (Å²) in [5.74, 6) is -2.87. The van der Waals surface area contributed by atoms with Gasteiger partial charge in [-0.25, -0.2) is 36.3 Å². The van der Waals surface area contributed by atoms with E-state index in [1.807, 2.05) is 0 Å². The van der Waals surface area contributed by atoms with Crippen LogP contribution >= 0.6 is 0 Å². The lowest BCUT2D eigenvalue weighted by atomic mass is 10.1. The number of carbonyl (C=O) groups is 1. The van der Waals surface area contributed by atoms with E-state index in [1.54, 1.807) is 0 Å². The first-order valence-electron chi connectivity index (χ1n) is 10.3. The Hall–Kier alpha value is -3.61. The topological polar surface area (TPSA) is 89.5 Å². The summed E-state index contributed by atoms with van der Waals surface area (Å²) in [5, 5.41) is 0. The number of halogens is 5. The molecule has 2 aromatic carbocycles. The number of sulfonamides is 1. The number of para-hydroxylation sites is 1. The predicted octanol–water partition coefficient (Wildman–Crippen LogP) is 5.07. The van der Waals surface area contributed by atoms with E-state index in [4.69, 9.17) is 0 Å². The van der Waals surface area contributed by atoms with Crippen LogP contribution < -0.4 is 4.31 Å². The molecule has 0 spiro atoms. The van der Waals surface area contributed by atoms with Gasteiger partial charge >= 0.3 is 12.1 Å². The third kappa shape index (κ3) is 5.96. The highest BCUT2D eigenvalue weighted by Gasteiger charge is 2.37. The first kappa shape index (κ1) is 27.0. The van der Waals surface area contributed by atoms with Gasteiger partial charge in [-0.2, -0.15) is 13.2 Å². The molecule has 13 heteroatoms. The molecule has 0 amide bonds. The van der Waals surface area contributed by atoms with E-state index in [-0.39, 0.29) is 11.3 Å². The van der Waals surface area contributed by atoms with Crippen molar-refractivity contribution in [3.05, 3.63) is 82.8 Å². The Balaban J connectivity index is 2.29. The number of methoxy groups -OCH3 is 1.